The second-order valence-corrected chi connectivity index (χ2v) is 9.88. The summed E-state index contributed by atoms with van der Waals surface area (Å²) in [6.07, 6.45) is 1.04. The lowest BCUT2D eigenvalue weighted by Crippen LogP contribution is -2.70. The zero-order valence-corrected chi connectivity index (χ0v) is 18.9. The minimum atomic E-state index is -3.67. The van der Waals surface area contributed by atoms with Crippen LogP contribution in [0.5, 0.6) is 5.75 Å². The lowest BCUT2D eigenvalue weighted by atomic mass is 9.94. The molecule has 1 aliphatic heterocycles. The fourth-order valence-electron chi connectivity index (χ4n) is 3.61. The highest BCUT2D eigenvalue weighted by atomic mass is 32.2. The van der Waals surface area contributed by atoms with Crippen LogP contribution in [0.2, 0.25) is 0 Å². The van der Waals surface area contributed by atoms with Crippen LogP contribution in [0.1, 0.15) is 18.1 Å². The highest BCUT2D eigenvalue weighted by Crippen LogP contribution is 2.31. The van der Waals surface area contributed by atoms with Crippen LogP contribution in [0.4, 0.5) is 5.69 Å². The normalized spacial score (nSPS) is 19.9. The number of carbonyl (C=O) groups excluding carboxylic acids is 2. The van der Waals surface area contributed by atoms with Crippen molar-refractivity contribution in [1.29, 1.82) is 0 Å². The van der Waals surface area contributed by atoms with Gasteiger partial charge in [-0.25, -0.2) is 8.42 Å². The smallest absolute Gasteiger partial charge is 0.247 e. The monoisotopic (exact) mass is 445 g/mol. The summed E-state index contributed by atoms with van der Waals surface area (Å²) in [6.45, 7) is 3.34. The predicted molar refractivity (Wildman–Crippen MR) is 118 cm³/mol. The quantitative estimate of drug-likeness (QED) is 0.730. The number of nitrogens with one attached hydrogen (secondary N) is 1. The van der Waals surface area contributed by atoms with Gasteiger partial charge in [-0.1, -0.05) is 29.8 Å². The van der Waals surface area contributed by atoms with E-state index < -0.39 is 27.4 Å². The standard InChI is InChI=1S/C22H27N3O5S/c1-16-5-7-17(8-6-16)13-23-21(27)22(2)15-24(31(4,28)29)14-20(26)25(22)18-9-11-19(30-3)12-10-18/h5-12H,13-15H2,1-4H3,(H,23,27)/t22-/m0/s1. The molecule has 0 aromatic heterocycles. The molecule has 0 aliphatic carbocycles. The van der Waals surface area contributed by atoms with E-state index in [4.69, 9.17) is 4.74 Å². The van der Waals surface area contributed by atoms with Crippen LogP contribution >= 0.6 is 0 Å². The van der Waals surface area contributed by atoms with E-state index in [0.29, 0.717) is 11.4 Å². The molecule has 0 bridgehead atoms. The number of aryl methyl sites for hydroxylation is 1. The Balaban J connectivity index is 1.93. The highest BCUT2D eigenvalue weighted by Gasteiger charge is 2.50. The van der Waals surface area contributed by atoms with Crippen molar-refractivity contribution in [2.45, 2.75) is 25.9 Å². The zero-order valence-electron chi connectivity index (χ0n) is 18.1. The van der Waals surface area contributed by atoms with Crippen LogP contribution in [-0.4, -0.2) is 56.5 Å². The molecule has 0 saturated carbocycles. The van der Waals surface area contributed by atoms with Crippen LogP contribution in [0.15, 0.2) is 48.5 Å². The fourth-order valence-corrected chi connectivity index (χ4v) is 4.44. The van der Waals surface area contributed by atoms with Gasteiger partial charge < -0.3 is 10.1 Å². The molecule has 2 aromatic carbocycles. The molecule has 0 radical (unpaired) electrons. The van der Waals surface area contributed by atoms with E-state index in [1.54, 1.807) is 31.2 Å². The Morgan fingerprint density at radius 2 is 1.74 bits per heavy atom. The lowest BCUT2D eigenvalue weighted by Gasteiger charge is -2.46. The van der Waals surface area contributed by atoms with Crippen LogP contribution in [-0.2, 0) is 26.2 Å². The molecule has 166 valence electrons. The maximum atomic E-state index is 13.3. The molecule has 1 saturated heterocycles. The number of piperazine rings is 1. The number of carbonyl (C=O) groups is 2. The van der Waals surface area contributed by atoms with Gasteiger partial charge in [0.15, 0.2) is 0 Å². The molecule has 2 amide bonds. The summed E-state index contributed by atoms with van der Waals surface area (Å²) in [6, 6.07) is 14.5. The van der Waals surface area contributed by atoms with Crippen molar-refractivity contribution >= 4 is 27.5 Å². The van der Waals surface area contributed by atoms with Crippen molar-refractivity contribution in [1.82, 2.24) is 9.62 Å². The number of amides is 2. The van der Waals surface area contributed by atoms with Crippen LogP contribution < -0.4 is 15.0 Å². The fraction of sp³-hybridized carbons (Fsp3) is 0.364. The molecule has 1 atom stereocenters. The van der Waals surface area contributed by atoms with Gasteiger partial charge in [0, 0.05) is 18.8 Å². The molecular formula is C22H27N3O5S. The van der Waals surface area contributed by atoms with Gasteiger partial charge in [0.1, 0.15) is 11.3 Å². The maximum Gasteiger partial charge on any atom is 0.247 e. The molecule has 1 aliphatic rings. The van der Waals surface area contributed by atoms with Gasteiger partial charge in [-0.3, -0.25) is 14.5 Å². The molecule has 3 rings (SSSR count). The van der Waals surface area contributed by atoms with Crippen molar-refractivity contribution in [2.24, 2.45) is 0 Å². The summed E-state index contributed by atoms with van der Waals surface area (Å²) >= 11 is 0. The minimum absolute atomic E-state index is 0.149. The van der Waals surface area contributed by atoms with E-state index in [2.05, 4.69) is 5.32 Å². The topological polar surface area (TPSA) is 96.0 Å². The first kappa shape index (κ1) is 22.8. The van der Waals surface area contributed by atoms with E-state index >= 15 is 0 Å². The Morgan fingerprint density at radius 3 is 2.29 bits per heavy atom. The minimum Gasteiger partial charge on any atom is -0.497 e. The number of anilines is 1. The molecule has 1 fully saturated rings. The average molecular weight is 446 g/mol. The third kappa shape index (κ3) is 4.88. The third-order valence-electron chi connectivity index (χ3n) is 5.40. The van der Waals surface area contributed by atoms with Gasteiger partial charge >= 0.3 is 0 Å². The Labute approximate surface area is 182 Å². The van der Waals surface area contributed by atoms with Gasteiger partial charge in [-0.2, -0.15) is 4.31 Å². The van der Waals surface area contributed by atoms with Gasteiger partial charge in [-0.15, -0.1) is 0 Å². The zero-order chi connectivity index (χ0) is 22.8. The number of sulfonamides is 1. The molecule has 0 spiro atoms. The summed E-state index contributed by atoms with van der Waals surface area (Å²) in [5.74, 6) is -0.308. The van der Waals surface area contributed by atoms with Crippen molar-refractivity contribution in [3.05, 3.63) is 59.7 Å². The van der Waals surface area contributed by atoms with Gasteiger partial charge in [0.2, 0.25) is 21.8 Å². The van der Waals surface area contributed by atoms with Crippen molar-refractivity contribution in [2.75, 3.05) is 31.4 Å². The van der Waals surface area contributed by atoms with E-state index in [0.717, 1.165) is 21.7 Å². The van der Waals surface area contributed by atoms with E-state index in [1.165, 1.54) is 12.0 Å². The molecule has 1 N–H and O–H groups in total. The number of hydrogen-bond donors (Lipinski definition) is 1. The molecule has 2 aromatic rings. The Morgan fingerprint density at radius 1 is 1.13 bits per heavy atom. The van der Waals surface area contributed by atoms with E-state index in [9.17, 15) is 18.0 Å². The van der Waals surface area contributed by atoms with Gasteiger partial charge in [0.25, 0.3) is 0 Å². The van der Waals surface area contributed by atoms with Crippen molar-refractivity contribution in [3.63, 3.8) is 0 Å². The predicted octanol–water partition coefficient (Wildman–Crippen LogP) is 1.69. The molecular weight excluding hydrogens is 418 g/mol. The summed E-state index contributed by atoms with van der Waals surface area (Å²) < 4.78 is 30.6. The SMILES string of the molecule is COc1ccc(N2C(=O)CN(S(C)(=O)=O)C[C@@]2(C)C(=O)NCc2ccc(C)cc2)cc1. The summed E-state index contributed by atoms with van der Waals surface area (Å²) in [4.78, 5) is 27.8. The first-order valence-corrected chi connectivity index (χ1v) is 11.7. The molecule has 1 heterocycles. The number of nitrogens with zero attached hydrogens (tertiary/aromatic N) is 2. The summed E-state index contributed by atoms with van der Waals surface area (Å²) in [5, 5.41) is 2.86. The van der Waals surface area contributed by atoms with E-state index in [-0.39, 0.29) is 19.6 Å². The maximum absolute atomic E-state index is 13.3. The third-order valence-corrected chi connectivity index (χ3v) is 6.60. The Bertz CT molecular complexity index is 1070. The van der Waals surface area contributed by atoms with Crippen molar-refractivity contribution < 1.29 is 22.7 Å². The summed E-state index contributed by atoms with van der Waals surface area (Å²) in [5.41, 5.74) is 1.07. The molecule has 0 unspecified atom stereocenters. The highest BCUT2D eigenvalue weighted by molar-refractivity contribution is 7.88. The number of benzene rings is 2. The van der Waals surface area contributed by atoms with Crippen LogP contribution in [0.3, 0.4) is 0 Å². The van der Waals surface area contributed by atoms with E-state index in [1.807, 2.05) is 31.2 Å². The number of methoxy groups -OCH3 is 1. The van der Waals surface area contributed by atoms with Crippen LogP contribution in [0.25, 0.3) is 0 Å². The summed E-state index contributed by atoms with van der Waals surface area (Å²) in [7, 11) is -2.13. The van der Waals surface area contributed by atoms with Crippen LogP contribution in [0, 0.1) is 6.92 Å². The lowest BCUT2D eigenvalue weighted by molar-refractivity contribution is -0.133. The average Bonchev–Trinajstić information content (AvgIpc) is 2.72. The first-order chi connectivity index (χ1) is 14.5. The Kier molecular flexibility index (Phi) is 6.38. The number of hydrogen-bond acceptors (Lipinski definition) is 5. The second-order valence-electron chi connectivity index (χ2n) is 7.90. The second kappa shape index (κ2) is 8.68. The largest absolute Gasteiger partial charge is 0.497 e. The number of rotatable bonds is 6. The van der Waals surface area contributed by atoms with Gasteiger partial charge in [0.05, 0.1) is 19.9 Å². The molecule has 8 nitrogen and oxygen atoms in total. The molecule has 9 heteroatoms. The Hall–Kier alpha value is -2.91. The van der Waals surface area contributed by atoms with Gasteiger partial charge in [-0.05, 0) is 43.7 Å². The number of ether oxygens (including phenoxy) is 1. The van der Waals surface area contributed by atoms with Crippen molar-refractivity contribution in [3.8, 4) is 5.75 Å². The molecule has 31 heavy (non-hydrogen) atoms. The first-order valence-electron chi connectivity index (χ1n) is 9.81.